The zero-order chi connectivity index (χ0) is 6.85. The summed E-state index contributed by atoms with van der Waals surface area (Å²) < 4.78 is 0. The van der Waals surface area contributed by atoms with Gasteiger partial charge < -0.3 is 0 Å². The third-order valence-corrected chi connectivity index (χ3v) is 1.49. The Kier molecular flexibility index (Phi) is 1.67. The molecule has 0 aromatic heterocycles. The van der Waals surface area contributed by atoms with E-state index in [2.05, 4.69) is 0 Å². The van der Waals surface area contributed by atoms with Crippen LogP contribution in [0, 0.1) is 0 Å². The van der Waals surface area contributed by atoms with Gasteiger partial charge in [0.1, 0.15) is 0 Å². The molecule has 0 unspecified atom stereocenters. The number of ketones is 2. The Labute approximate surface area is 57.5 Å². The van der Waals surface area contributed by atoms with Gasteiger partial charge in [0.15, 0.2) is 0 Å². The molecule has 0 amide bonds. The molecule has 1 aliphatic carbocycles. The van der Waals surface area contributed by atoms with Crippen LogP contribution in [-0.2, 0) is 9.59 Å². The summed E-state index contributed by atoms with van der Waals surface area (Å²) in [6.07, 6.45) is 2.49. The van der Waals surface area contributed by atoms with E-state index in [-0.39, 0.29) is 10.8 Å². The highest BCUT2D eigenvalue weighted by molar-refractivity contribution is 6.58. The summed E-state index contributed by atoms with van der Waals surface area (Å²) in [5.41, 5.74) is 0. The molecular formula is C6H5ClO2. The fraction of sp³-hybridized carbons (Fsp3) is 0.333. The van der Waals surface area contributed by atoms with Crippen LogP contribution in [0.2, 0.25) is 0 Å². The first-order valence-corrected chi connectivity index (χ1v) is 3.03. The molecule has 0 radical (unpaired) electrons. The first kappa shape index (κ1) is 6.49. The van der Waals surface area contributed by atoms with Gasteiger partial charge in [-0.3, -0.25) is 9.59 Å². The Balaban J connectivity index is 2.86. The third-order valence-electron chi connectivity index (χ3n) is 1.17. The smallest absolute Gasteiger partial charge is 0.239 e. The number of carbonyl (C=O) groups excluding carboxylic acids is 2. The van der Waals surface area contributed by atoms with Gasteiger partial charge in [0.05, 0.1) is 5.03 Å². The summed E-state index contributed by atoms with van der Waals surface area (Å²) in [6, 6.07) is 0. The molecular weight excluding hydrogens is 140 g/mol. The van der Waals surface area contributed by atoms with Gasteiger partial charge in [-0.15, -0.1) is 0 Å². The van der Waals surface area contributed by atoms with Gasteiger partial charge in [-0.05, 0) is 6.42 Å². The van der Waals surface area contributed by atoms with E-state index < -0.39 is 5.78 Å². The van der Waals surface area contributed by atoms with E-state index in [4.69, 9.17) is 11.6 Å². The van der Waals surface area contributed by atoms with Crippen LogP contribution < -0.4 is 0 Å². The van der Waals surface area contributed by atoms with Crippen molar-refractivity contribution in [2.45, 2.75) is 12.8 Å². The maximum atomic E-state index is 10.6. The molecule has 0 heterocycles. The topological polar surface area (TPSA) is 34.1 Å². The van der Waals surface area contributed by atoms with Crippen LogP contribution in [-0.4, -0.2) is 11.6 Å². The molecule has 0 bridgehead atoms. The van der Waals surface area contributed by atoms with Crippen molar-refractivity contribution in [2.24, 2.45) is 0 Å². The lowest BCUT2D eigenvalue weighted by molar-refractivity contribution is -0.134. The predicted octanol–water partition coefficient (Wildman–Crippen LogP) is 1.04. The van der Waals surface area contributed by atoms with Crippen LogP contribution in [0.1, 0.15) is 12.8 Å². The molecule has 0 spiro atoms. The lowest BCUT2D eigenvalue weighted by Crippen LogP contribution is -2.16. The van der Waals surface area contributed by atoms with Crippen molar-refractivity contribution in [1.82, 2.24) is 0 Å². The van der Waals surface area contributed by atoms with Crippen LogP contribution in [0.15, 0.2) is 11.1 Å². The largest absolute Gasteiger partial charge is 0.290 e. The van der Waals surface area contributed by atoms with Gasteiger partial charge in [0.2, 0.25) is 11.6 Å². The molecule has 0 aromatic rings. The van der Waals surface area contributed by atoms with Crippen molar-refractivity contribution in [1.29, 1.82) is 0 Å². The van der Waals surface area contributed by atoms with Crippen LogP contribution in [0.4, 0.5) is 0 Å². The first-order valence-electron chi connectivity index (χ1n) is 2.65. The zero-order valence-corrected chi connectivity index (χ0v) is 5.44. The standard InChI is InChI=1S/C6H5ClO2/c7-4-2-1-3-5(8)6(4)9/h2H,1,3H2. The van der Waals surface area contributed by atoms with E-state index in [1.54, 1.807) is 6.08 Å². The minimum Gasteiger partial charge on any atom is -0.290 e. The maximum absolute atomic E-state index is 10.6. The Morgan fingerprint density at radius 1 is 1.44 bits per heavy atom. The third kappa shape index (κ3) is 1.19. The number of rotatable bonds is 0. The van der Waals surface area contributed by atoms with E-state index >= 15 is 0 Å². The van der Waals surface area contributed by atoms with Gasteiger partial charge in [-0.1, -0.05) is 17.7 Å². The Morgan fingerprint density at radius 3 is 2.56 bits per heavy atom. The van der Waals surface area contributed by atoms with Crippen molar-refractivity contribution >= 4 is 23.2 Å². The van der Waals surface area contributed by atoms with E-state index in [1.165, 1.54) is 0 Å². The van der Waals surface area contributed by atoms with Crippen molar-refractivity contribution < 1.29 is 9.59 Å². The molecule has 3 heteroatoms. The minimum absolute atomic E-state index is 0.0752. The Morgan fingerprint density at radius 2 is 2.11 bits per heavy atom. The highest BCUT2D eigenvalue weighted by Crippen LogP contribution is 2.13. The summed E-state index contributed by atoms with van der Waals surface area (Å²) in [5, 5.41) is 0.0752. The quantitative estimate of drug-likeness (QED) is 0.476. The highest BCUT2D eigenvalue weighted by atomic mass is 35.5. The van der Waals surface area contributed by atoms with Gasteiger partial charge in [0, 0.05) is 6.42 Å². The number of hydrogen-bond donors (Lipinski definition) is 0. The average Bonchev–Trinajstić information content (AvgIpc) is 1.83. The summed E-state index contributed by atoms with van der Waals surface area (Å²) in [7, 11) is 0. The molecule has 1 rings (SSSR count). The number of Topliss-reactive ketones (excluding diaryl/α,β-unsaturated/α-hetero) is 2. The monoisotopic (exact) mass is 144 g/mol. The molecule has 0 N–H and O–H groups in total. The second-order valence-corrected chi connectivity index (χ2v) is 2.25. The Hall–Kier alpha value is -0.630. The molecule has 9 heavy (non-hydrogen) atoms. The van der Waals surface area contributed by atoms with Crippen molar-refractivity contribution in [3.8, 4) is 0 Å². The second kappa shape index (κ2) is 2.31. The summed E-state index contributed by atoms with van der Waals surface area (Å²) in [5.74, 6) is -0.912. The van der Waals surface area contributed by atoms with Crippen molar-refractivity contribution in [3.63, 3.8) is 0 Å². The zero-order valence-electron chi connectivity index (χ0n) is 4.69. The van der Waals surface area contributed by atoms with Crippen LogP contribution in [0.3, 0.4) is 0 Å². The van der Waals surface area contributed by atoms with Gasteiger partial charge in [-0.25, -0.2) is 0 Å². The fourth-order valence-electron chi connectivity index (χ4n) is 0.669. The lowest BCUT2D eigenvalue weighted by atomic mass is 10.1. The summed E-state index contributed by atoms with van der Waals surface area (Å²) >= 11 is 5.35. The first-order chi connectivity index (χ1) is 4.22. The molecule has 0 saturated heterocycles. The van der Waals surface area contributed by atoms with Crippen LogP contribution in [0.5, 0.6) is 0 Å². The number of carbonyl (C=O) groups is 2. The molecule has 1 aliphatic rings. The molecule has 0 aliphatic heterocycles. The van der Waals surface area contributed by atoms with Crippen LogP contribution in [0.25, 0.3) is 0 Å². The number of allylic oxidation sites excluding steroid dienone is 2. The molecule has 0 saturated carbocycles. The molecule has 0 aromatic carbocycles. The number of halogens is 1. The van der Waals surface area contributed by atoms with Gasteiger partial charge in [-0.2, -0.15) is 0 Å². The van der Waals surface area contributed by atoms with Crippen molar-refractivity contribution in [2.75, 3.05) is 0 Å². The lowest BCUT2D eigenvalue weighted by Gasteiger charge is -2.02. The summed E-state index contributed by atoms with van der Waals surface area (Å²) in [4.78, 5) is 21.1. The minimum atomic E-state index is -0.539. The summed E-state index contributed by atoms with van der Waals surface area (Å²) in [6.45, 7) is 0. The van der Waals surface area contributed by atoms with Gasteiger partial charge in [0.25, 0.3) is 0 Å². The maximum Gasteiger partial charge on any atom is 0.239 e. The van der Waals surface area contributed by atoms with Gasteiger partial charge >= 0.3 is 0 Å². The molecule has 0 atom stereocenters. The van der Waals surface area contributed by atoms with E-state index in [0.717, 1.165) is 0 Å². The highest BCUT2D eigenvalue weighted by Gasteiger charge is 2.19. The molecule has 2 nitrogen and oxygen atoms in total. The normalized spacial score (nSPS) is 19.9. The van der Waals surface area contributed by atoms with E-state index in [1.807, 2.05) is 0 Å². The fourth-order valence-corrected chi connectivity index (χ4v) is 0.884. The molecule has 48 valence electrons. The van der Waals surface area contributed by atoms with Crippen LogP contribution >= 0.6 is 11.6 Å². The van der Waals surface area contributed by atoms with E-state index in [9.17, 15) is 9.59 Å². The Bertz CT molecular complexity index is 193. The van der Waals surface area contributed by atoms with E-state index in [0.29, 0.717) is 12.8 Å². The second-order valence-electron chi connectivity index (χ2n) is 1.84. The van der Waals surface area contributed by atoms with Crippen molar-refractivity contribution in [3.05, 3.63) is 11.1 Å². The molecule has 0 fully saturated rings. The SMILES string of the molecule is O=C1CCC=C(Cl)C1=O. The number of hydrogen-bond acceptors (Lipinski definition) is 2. The average molecular weight is 145 g/mol. The predicted molar refractivity (Wildman–Crippen MR) is 33.2 cm³/mol.